The molecule has 2 atom stereocenters. The second-order valence-electron chi connectivity index (χ2n) is 22.4. The molecule has 23 heteroatoms. The average molecular weight is 1330 g/mol. The fraction of sp³-hybridized carbons (Fsp3) is 0.928. The largest absolute Gasteiger partial charge is 0.463 e. The van der Waals surface area contributed by atoms with E-state index in [-0.39, 0.29) is 38.6 Å². The van der Waals surface area contributed by atoms with Crippen LogP contribution < -0.4 is 5.32 Å². The van der Waals surface area contributed by atoms with Crippen molar-refractivity contribution in [2.24, 2.45) is 0 Å². The normalized spacial score (nSPS) is 12.3. The van der Waals surface area contributed by atoms with Gasteiger partial charge in [-0.1, -0.05) is 167 Å². The van der Waals surface area contributed by atoms with Crippen molar-refractivity contribution in [1.82, 2.24) is 5.32 Å². The summed E-state index contributed by atoms with van der Waals surface area (Å²) in [7, 11) is 1.64. The van der Waals surface area contributed by atoms with Gasteiger partial charge < -0.3 is 86.2 Å². The summed E-state index contributed by atoms with van der Waals surface area (Å²) >= 11 is 0. The van der Waals surface area contributed by atoms with Gasteiger partial charge in [-0.05, 0) is 19.3 Å². The van der Waals surface area contributed by atoms with Gasteiger partial charge in [0.1, 0.15) is 13.2 Å². The fourth-order valence-corrected chi connectivity index (χ4v) is 8.91. The number of rotatable bonds is 80. The molecule has 23 nitrogen and oxygen atoms in total. The molecule has 0 heterocycles. The number of aliphatic hydroxyl groups excluding tert-OH is 1. The molecule has 0 radical (unpaired) electrons. The first-order chi connectivity index (χ1) is 45.4. The quantitative estimate of drug-likeness (QED) is 0.0189. The first kappa shape index (κ1) is 89.5. The first-order valence-electron chi connectivity index (χ1n) is 35.6. The van der Waals surface area contributed by atoms with Crippen molar-refractivity contribution < 1.29 is 105 Å². The molecule has 0 saturated heterocycles. The fourth-order valence-electron chi connectivity index (χ4n) is 8.91. The summed E-state index contributed by atoms with van der Waals surface area (Å²) in [6, 6.07) is -0.816. The van der Waals surface area contributed by atoms with Crippen LogP contribution in [0.1, 0.15) is 194 Å². The van der Waals surface area contributed by atoms with Gasteiger partial charge in [0.25, 0.3) is 0 Å². The number of allylic oxidation sites excluding steroid dienone is 1. The Kier molecular flexibility index (Phi) is 77.0. The molecular weight excluding hydrogens is 1190 g/mol. The highest BCUT2D eigenvalue weighted by Gasteiger charge is 2.22. The van der Waals surface area contributed by atoms with E-state index >= 15 is 0 Å². The van der Waals surface area contributed by atoms with Crippen molar-refractivity contribution in [1.29, 1.82) is 0 Å². The van der Waals surface area contributed by atoms with Gasteiger partial charge in [0.05, 0.1) is 217 Å². The van der Waals surface area contributed by atoms with Crippen LogP contribution in [0.25, 0.3) is 0 Å². The lowest BCUT2D eigenvalue weighted by Gasteiger charge is -2.22. The summed E-state index contributed by atoms with van der Waals surface area (Å²) in [5.41, 5.74) is 0. The van der Waals surface area contributed by atoms with Crippen molar-refractivity contribution in [2.75, 3.05) is 212 Å². The lowest BCUT2D eigenvalue weighted by atomic mass is 10.0. The SMILES string of the molecule is CCCCCCCCCCCCC/C=C/[C@@H](O)[C@H](COC(=O)CCC(=O)OOCCOCCOCCOCCOCCOCCOCCOCCOCCOCCOCCOCCOCCOCCOCCOC)NC(=O)CCCCCCCCCCCCCCC. The van der Waals surface area contributed by atoms with Crippen LogP contribution in [0.3, 0.4) is 0 Å². The smallest absolute Gasteiger partial charge is 0.342 e. The van der Waals surface area contributed by atoms with E-state index in [2.05, 4.69) is 19.2 Å². The van der Waals surface area contributed by atoms with Crippen LogP contribution in [-0.2, 0) is 99.9 Å². The van der Waals surface area contributed by atoms with Crippen LogP contribution in [0, 0.1) is 0 Å². The van der Waals surface area contributed by atoms with Crippen molar-refractivity contribution in [3.63, 3.8) is 0 Å². The van der Waals surface area contributed by atoms with Crippen molar-refractivity contribution in [3.8, 4) is 0 Å². The molecule has 0 unspecified atom stereocenters. The van der Waals surface area contributed by atoms with E-state index in [4.69, 9.17) is 85.6 Å². The minimum atomic E-state index is -1.04. The Balaban J connectivity index is 3.82. The third-order valence-electron chi connectivity index (χ3n) is 14.3. The van der Waals surface area contributed by atoms with Crippen LogP contribution >= 0.6 is 0 Å². The van der Waals surface area contributed by atoms with Gasteiger partial charge in [0.15, 0.2) is 0 Å². The zero-order chi connectivity index (χ0) is 66.5. The number of hydrogen-bond acceptors (Lipinski definition) is 22. The number of carbonyl (C=O) groups is 3. The number of esters is 1. The van der Waals surface area contributed by atoms with Crippen molar-refractivity contribution >= 4 is 17.8 Å². The molecule has 2 N–H and O–H groups in total. The van der Waals surface area contributed by atoms with Gasteiger partial charge in [0.2, 0.25) is 5.91 Å². The van der Waals surface area contributed by atoms with Gasteiger partial charge in [-0.3, -0.25) is 14.5 Å². The van der Waals surface area contributed by atoms with E-state index in [1.165, 1.54) is 122 Å². The maximum atomic E-state index is 13.0. The zero-order valence-electron chi connectivity index (χ0n) is 58.0. The van der Waals surface area contributed by atoms with Gasteiger partial charge in [0, 0.05) is 13.5 Å². The Bertz CT molecular complexity index is 1510. The highest BCUT2D eigenvalue weighted by Crippen LogP contribution is 2.15. The number of methoxy groups -OCH3 is 1. The molecule has 0 aromatic heterocycles. The van der Waals surface area contributed by atoms with Gasteiger partial charge in [-0.2, -0.15) is 4.89 Å². The monoisotopic (exact) mass is 1330 g/mol. The lowest BCUT2D eigenvalue weighted by Crippen LogP contribution is -2.46. The van der Waals surface area contributed by atoms with E-state index in [1.54, 1.807) is 13.2 Å². The summed E-state index contributed by atoms with van der Waals surface area (Å²) in [6.07, 6.45) is 33.0. The van der Waals surface area contributed by atoms with Crippen LogP contribution in [0.5, 0.6) is 0 Å². The molecule has 0 saturated carbocycles. The average Bonchev–Trinajstić information content (AvgIpc) is 2.85. The van der Waals surface area contributed by atoms with Crippen LogP contribution in [0.4, 0.5) is 0 Å². The molecule has 1 amide bonds. The number of aliphatic hydroxyl groups is 1. The summed E-state index contributed by atoms with van der Waals surface area (Å²) in [4.78, 5) is 47.6. The summed E-state index contributed by atoms with van der Waals surface area (Å²) in [5, 5.41) is 14.0. The predicted molar refractivity (Wildman–Crippen MR) is 354 cm³/mol. The van der Waals surface area contributed by atoms with E-state index in [0.717, 1.165) is 38.5 Å². The molecule has 0 rings (SSSR count). The van der Waals surface area contributed by atoms with Gasteiger partial charge in [-0.25, -0.2) is 4.79 Å². The molecule has 92 heavy (non-hydrogen) atoms. The third kappa shape index (κ3) is 74.9. The lowest BCUT2D eigenvalue weighted by molar-refractivity contribution is -0.276. The molecular formula is C69H133NO22. The Labute approximate surface area is 556 Å². The molecule has 0 bridgehead atoms. The highest BCUT2D eigenvalue weighted by molar-refractivity contribution is 5.78. The molecule has 0 aromatic carbocycles. The molecule has 0 aromatic rings. The standard InChI is InChI=1S/C69H133NO22/c1-4-6-8-10-12-14-16-18-20-22-24-26-28-30-66(71)65(70-67(72)31-29-27-25-23-21-19-17-15-13-11-9-7-5-2)64-90-68(73)32-33-69(74)92-91-63-62-89-61-60-88-59-58-87-57-56-86-55-54-85-53-52-84-51-50-83-49-48-82-47-46-81-45-44-80-43-42-79-41-40-78-39-38-77-37-36-76-35-34-75-3/h28,30,65-66,71H,4-27,29,31-64H2,1-3H3,(H,70,72)/b30-28+/t65-,66+/m0/s1. The van der Waals surface area contributed by atoms with Crippen molar-refractivity contribution in [3.05, 3.63) is 12.2 Å². The Morgan fingerprint density at radius 3 is 0.924 bits per heavy atom. The summed E-state index contributed by atoms with van der Waals surface area (Å²) in [5.74, 6) is -1.57. The molecule has 0 aliphatic heterocycles. The topological polar surface area (TPSA) is 250 Å². The zero-order valence-corrected chi connectivity index (χ0v) is 58.0. The van der Waals surface area contributed by atoms with Crippen molar-refractivity contribution in [2.45, 2.75) is 206 Å². The number of hydrogen-bond donors (Lipinski definition) is 2. The second-order valence-corrected chi connectivity index (χ2v) is 22.4. The minimum Gasteiger partial charge on any atom is -0.463 e. The highest BCUT2D eigenvalue weighted by atomic mass is 17.2. The third-order valence-corrected chi connectivity index (χ3v) is 14.3. The molecule has 0 fully saturated rings. The van der Waals surface area contributed by atoms with Gasteiger partial charge >= 0.3 is 11.9 Å². The summed E-state index contributed by atoms with van der Waals surface area (Å²) < 4.78 is 87.2. The van der Waals surface area contributed by atoms with E-state index in [1.807, 2.05) is 6.08 Å². The second kappa shape index (κ2) is 79.2. The maximum Gasteiger partial charge on any atom is 0.342 e. The Morgan fingerprint density at radius 2 is 0.609 bits per heavy atom. The van der Waals surface area contributed by atoms with Gasteiger partial charge in [-0.15, -0.1) is 0 Å². The molecule has 0 aliphatic rings. The Hall–Kier alpha value is -2.53. The summed E-state index contributed by atoms with van der Waals surface area (Å²) in [6.45, 7) is 17.7. The maximum absolute atomic E-state index is 13.0. The number of carbonyl (C=O) groups excluding carboxylic acids is 3. The van der Waals surface area contributed by atoms with Crippen LogP contribution in [0.2, 0.25) is 0 Å². The van der Waals surface area contributed by atoms with Crippen LogP contribution in [-0.4, -0.2) is 247 Å². The minimum absolute atomic E-state index is 0.00270. The molecule has 0 spiro atoms. The Morgan fingerprint density at radius 1 is 0.337 bits per heavy atom. The van der Waals surface area contributed by atoms with E-state index < -0.39 is 24.1 Å². The van der Waals surface area contributed by atoms with E-state index in [9.17, 15) is 19.5 Å². The van der Waals surface area contributed by atoms with E-state index in [0.29, 0.717) is 191 Å². The first-order valence-corrected chi connectivity index (χ1v) is 35.6. The number of unbranched alkanes of at least 4 members (excludes halogenated alkanes) is 23. The number of amides is 1. The number of nitrogens with one attached hydrogen (secondary N) is 1. The predicted octanol–water partition coefficient (Wildman–Crippen LogP) is 10.2. The molecule has 0 aliphatic carbocycles. The number of ether oxygens (including phenoxy) is 16. The molecule has 546 valence electrons. The van der Waals surface area contributed by atoms with Crippen LogP contribution in [0.15, 0.2) is 12.2 Å².